The van der Waals surface area contributed by atoms with Crippen LogP contribution < -0.4 is 21.3 Å². The summed E-state index contributed by atoms with van der Waals surface area (Å²) in [7, 11) is 0. The van der Waals surface area contributed by atoms with Crippen LogP contribution in [0.2, 0.25) is 0 Å². The maximum Gasteiger partial charge on any atom is 0.255 e. The molecule has 1 aliphatic rings. The molecule has 3 aromatic carbocycles. The summed E-state index contributed by atoms with van der Waals surface area (Å²) in [6.45, 7) is 1.35. The number of nitrogens with one attached hydrogen (secondary N) is 4. The van der Waals surface area contributed by atoms with Gasteiger partial charge in [-0.25, -0.2) is 0 Å². The molecule has 3 aromatic rings. The van der Waals surface area contributed by atoms with Crippen LogP contribution in [0, 0.1) is 0 Å². The lowest BCUT2D eigenvalue weighted by Crippen LogP contribution is -2.17. The second-order valence-corrected chi connectivity index (χ2v) is 7.58. The average Bonchev–Trinajstić information content (AvgIpc) is 3.22. The van der Waals surface area contributed by atoms with Crippen LogP contribution in [0.4, 0.5) is 22.7 Å². The first kappa shape index (κ1) is 21.4. The Kier molecular flexibility index (Phi) is 6.67. The minimum atomic E-state index is -0.275. The fraction of sp³-hybridized carbons (Fsp3) is 0.200. The van der Waals surface area contributed by atoms with E-state index in [1.807, 2.05) is 48.5 Å². The largest absolute Gasteiger partial charge is 0.396 e. The van der Waals surface area contributed by atoms with Crippen LogP contribution in [-0.2, 0) is 6.54 Å². The van der Waals surface area contributed by atoms with Crippen molar-refractivity contribution in [1.82, 2.24) is 5.32 Å². The number of benzene rings is 3. The molecule has 32 heavy (non-hydrogen) atoms. The number of aliphatic hydroxyl groups is 1. The molecule has 0 spiro atoms. The van der Waals surface area contributed by atoms with Gasteiger partial charge in [0.25, 0.3) is 11.8 Å². The summed E-state index contributed by atoms with van der Waals surface area (Å²) in [6, 6.07) is 20.5. The Balaban J connectivity index is 1.48. The predicted octanol–water partition coefficient (Wildman–Crippen LogP) is 4.11. The van der Waals surface area contributed by atoms with Gasteiger partial charge in [-0.05, 0) is 61.4 Å². The Morgan fingerprint density at radius 1 is 0.906 bits per heavy atom. The smallest absolute Gasteiger partial charge is 0.255 e. The number of rotatable bonds is 9. The summed E-state index contributed by atoms with van der Waals surface area (Å²) in [4.78, 5) is 25.3. The first-order chi connectivity index (χ1) is 15.7. The summed E-state index contributed by atoms with van der Waals surface area (Å²) in [5, 5.41) is 21.2. The van der Waals surface area contributed by atoms with Gasteiger partial charge in [-0.1, -0.05) is 18.2 Å². The second-order valence-electron chi connectivity index (χ2n) is 7.58. The summed E-state index contributed by atoms with van der Waals surface area (Å²) in [6.07, 6.45) is 1.63. The standard InChI is InChI=1S/C25H26N4O3/c30-15-5-4-14-26-18-10-8-17(9-11-18)24(31)29-22-13-12-21(20-16-27-25(32)23(20)22)28-19-6-2-1-3-7-19/h1-3,6-13,26,28,30H,4-5,14-16H2,(H,27,32)(H,29,31). The van der Waals surface area contributed by atoms with E-state index in [0.717, 1.165) is 42.0 Å². The summed E-state index contributed by atoms with van der Waals surface area (Å²) >= 11 is 0. The number of hydrogen-bond donors (Lipinski definition) is 5. The minimum absolute atomic E-state index is 0.186. The van der Waals surface area contributed by atoms with Crippen LogP contribution in [-0.4, -0.2) is 30.1 Å². The Hall–Kier alpha value is -3.84. The Morgan fingerprint density at radius 2 is 1.66 bits per heavy atom. The number of hydrogen-bond acceptors (Lipinski definition) is 5. The molecule has 0 aliphatic carbocycles. The van der Waals surface area contributed by atoms with E-state index < -0.39 is 0 Å². The molecular formula is C25H26N4O3. The van der Waals surface area contributed by atoms with Crippen LogP contribution in [0.15, 0.2) is 66.7 Å². The molecule has 5 N–H and O–H groups in total. The first-order valence-electron chi connectivity index (χ1n) is 10.7. The maximum atomic E-state index is 12.8. The van der Waals surface area contributed by atoms with Crippen molar-refractivity contribution in [2.45, 2.75) is 19.4 Å². The van der Waals surface area contributed by atoms with Gasteiger partial charge in [-0.15, -0.1) is 0 Å². The molecule has 4 rings (SSSR count). The second kappa shape index (κ2) is 9.98. The van der Waals surface area contributed by atoms with E-state index in [0.29, 0.717) is 23.4 Å². The van der Waals surface area contributed by atoms with Gasteiger partial charge in [-0.2, -0.15) is 0 Å². The molecule has 7 nitrogen and oxygen atoms in total. The third kappa shape index (κ3) is 4.90. The molecule has 0 fully saturated rings. The van der Waals surface area contributed by atoms with Gasteiger partial charge in [0.15, 0.2) is 0 Å². The molecule has 0 saturated heterocycles. The summed E-state index contributed by atoms with van der Waals surface area (Å²) in [5.41, 5.74) is 4.99. The van der Waals surface area contributed by atoms with E-state index in [1.165, 1.54) is 0 Å². The fourth-order valence-corrected chi connectivity index (χ4v) is 3.65. The zero-order valence-corrected chi connectivity index (χ0v) is 17.7. The van der Waals surface area contributed by atoms with Crippen molar-refractivity contribution in [2.24, 2.45) is 0 Å². The lowest BCUT2D eigenvalue weighted by molar-refractivity contribution is 0.0966. The lowest BCUT2D eigenvalue weighted by Gasteiger charge is -2.14. The highest BCUT2D eigenvalue weighted by molar-refractivity contribution is 6.11. The highest BCUT2D eigenvalue weighted by atomic mass is 16.3. The quantitative estimate of drug-likeness (QED) is 0.329. The van der Waals surface area contributed by atoms with Gasteiger partial charge in [0.1, 0.15) is 0 Å². The van der Waals surface area contributed by atoms with Crippen molar-refractivity contribution in [3.63, 3.8) is 0 Å². The molecule has 164 valence electrons. The first-order valence-corrected chi connectivity index (χ1v) is 10.7. The highest BCUT2D eigenvalue weighted by Crippen LogP contribution is 2.33. The number of aliphatic hydroxyl groups excluding tert-OH is 1. The number of para-hydroxylation sites is 1. The molecule has 0 bridgehead atoms. The molecule has 7 heteroatoms. The monoisotopic (exact) mass is 430 g/mol. The number of amides is 2. The van der Waals surface area contributed by atoms with Crippen LogP contribution in [0.1, 0.15) is 39.1 Å². The third-order valence-electron chi connectivity index (χ3n) is 5.33. The van der Waals surface area contributed by atoms with E-state index in [4.69, 9.17) is 5.11 Å². The van der Waals surface area contributed by atoms with E-state index in [2.05, 4.69) is 21.3 Å². The average molecular weight is 431 g/mol. The Morgan fingerprint density at radius 3 is 2.41 bits per heavy atom. The van der Waals surface area contributed by atoms with Crippen LogP contribution >= 0.6 is 0 Å². The van der Waals surface area contributed by atoms with Crippen LogP contribution in [0.25, 0.3) is 0 Å². The van der Waals surface area contributed by atoms with Gasteiger partial charge in [0.2, 0.25) is 0 Å². The van der Waals surface area contributed by atoms with Gasteiger partial charge in [0.05, 0.1) is 11.3 Å². The van der Waals surface area contributed by atoms with Crippen molar-refractivity contribution in [1.29, 1.82) is 0 Å². The predicted molar refractivity (Wildman–Crippen MR) is 127 cm³/mol. The Labute approximate surface area is 186 Å². The number of fused-ring (bicyclic) bond motifs is 1. The number of carbonyl (C=O) groups excluding carboxylic acids is 2. The lowest BCUT2D eigenvalue weighted by atomic mass is 10.0. The van der Waals surface area contributed by atoms with Crippen molar-refractivity contribution in [3.05, 3.63) is 83.4 Å². The van der Waals surface area contributed by atoms with Crippen LogP contribution in [0.3, 0.4) is 0 Å². The zero-order chi connectivity index (χ0) is 22.3. The molecule has 1 heterocycles. The molecule has 0 unspecified atom stereocenters. The van der Waals surface area contributed by atoms with E-state index >= 15 is 0 Å². The molecule has 2 amide bonds. The highest BCUT2D eigenvalue weighted by Gasteiger charge is 2.26. The molecule has 0 aromatic heterocycles. The normalized spacial score (nSPS) is 12.1. The van der Waals surface area contributed by atoms with Gasteiger partial charge in [0, 0.05) is 47.9 Å². The van der Waals surface area contributed by atoms with Gasteiger partial charge >= 0.3 is 0 Å². The topological polar surface area (TPSA) is 102 Å². The third-order valence-corrected chi connectivity index (χ3v) is 5.33. The summed E-state index contributed by atoms with van der Waals surface area (Å²) < 4.78 is 0. The molecular weight excluding hydrogens is 404 g/mol. The molecule has 1 aliphatic heterocycles. The summed E-state index contributed by atoms with van der Waals surface area (Å²) in [5.74, 6) is -0.475. The number of carbonyl (C=O) groups is 2. The maximum absolute atomic E-state index is 12.8. The van der Waals surface area contributed by atoms with E-state index in [1.54, 1.807) is 18.2 Å². The number of unbranched alkanes of at least 4 members (excludes halogenated alkanes) is 1. The van der Waals surface area contributed by atoms with Gasteiger partial charge in [-0.3, -0.25) is 9.59 Å². The van der Waals surface area contributed by atoms with Crippen molar-refractivity contribution in [3.8, 4) is 0 Å². The molecule has 0 atom stereocenters. The minimum Gasteiger partial charge on any atom is -0.396 e. The van der Waals surface area contributed by atoms with Crippen molar-refractivity contribution < 1.29 is 14.7 Å². The SMILES string of the molecule is O=C(Nc1ccc(Nc2ccccc2)c2c1C(=O)NC2)c1ccc(NCCCCO)cc1. The van der Waals surface area contributed by atoms with Crippen LogP contribution in [0.5, 0.6) is 0 Å². The zero-order valence-electron chi connectivity index (χ0n) is 17.7. The van der Waals surface area contributed by atoms with Crippen molar-refractivity contribution in [2.75, 3.05) is 29.1 Å². The molecule has 0 radical (unpaired) electrons. The number of anilines is 4. The van der Waals surface area contributed by atoms with E-state index in [-0.39, 0.29) is 18.4 Å². The van der Waals surface area contributed by atoms with Gasteiger partial charge < -0.3 is 26.4 Å². The fourth-order valence-electron chi connectivity index (χ4n) is 3.65. The van der Waals surface area contributed by atoms with E-state index in [9.17, 15) is 9.59 Å². The van der Waals surface area contributed by atoms with Crippen molar-refractivity contribution >= 4 is 34.6 Å². The molecule has 0 saturated carbocycles. The Bertz CT molecular complexity index is 1100.